The first-order chi connectivity index (χ1) is 11.5. The van der Waals surface area contributed by atoms with E-state index in [1.54, 1.807) is 0 Å². The minimum Gasteiger partial charge on any atom is -0.452 e. The number of benzene rings is 1. The fourth-order valence-electron chi connectivity index (χ4n) is 2.54. The van der Waals surface area contributed by atoms with Crippen LogP contribution in [0.1, 0.15) is 40.7 Å². The van der Waals surface area contributed by atoms with Crippen molar-refractivity contribution in [2.75, 3.05) is 13.2 Å². The molecule has 1 N–H and O–H groups in total. The molecule has 0 aliphatic rings. The summed E-state index contributed by atoms with van der Waals surface area (Å²) < 4.78 is 7.19. The number of carbonyl (C=O) groups is 2. The number of ether oxygens (including phenoxy) is 1. The zero-order valence-electron chi connectivity index (χ0n) is 14.5. The minimum absolute atomic E-state index is 0.249. The molecule has 0 atom stereocenters. The Balaban J connectivity index is 2.05. The number of aryl methyl sites for hydroxylation is 1. The van der Waals surface area contributed by atoms with Crippen molar-refractivity contribution >= 4 is 11.9 Å². The van der Waals surface area contributed by atoms with E-state index in [4.69, 9.17) is 4.74 Å². The highest BCUT2D eigenvalue weighted by atomic mass is 16.5. The lowest BCUT2D eigenvalue weighted by Gasteiger charge is -2.10. The number of amides is 1. The summed E-state index contributed by atoms with van der Waals surface area (Å²) in [6.07, 6.45) is 0.848. The first-order valence-corrected chi connectivity index (χ1v) is 8.17. The van der Waals surface area contributed by atoms with Gasteiger partial charge in [-0.1, -0.05) is 37.3 Å². The molecule has 0 fully saturated rings. The molecule has 0 saturated heterocycles. The number of hydrogen-bond donors (Lipinski definition) is 1. The molecule has 1 aromatic heterocycles. The van der Waals surface area contributed by atoms with Crippen LogP contribution in [0.25, 0.3) is 0 Å². The normalized spacial score (nSPS) is 10.5. The molecule has 5 nitrogen and oxygen atoms in total. The molecule has 0 spiro atoms. The summed E-state index contributed by atoms with van der Waals surface area (Å²) in [7, 11) is 0. The van der Waals surface area contributed by atoms with E-state index >= 15 is 0 Å². The molecule has 2 rings (SSSR count). The van der Waals surface area contributed by atoms with E-state index in [9.17, 15) is 9.59 Å². The molecule has 1 heterocycles. The second kappa shape index (κ2) is 8.34. The Morgan fingerprint density at radius 1 is 1.17 bits per heavy atom. The Hall–Kier alpha value is -2.56. The van der Waals surface area contributed by atoms with E-state index in [0.29, 0.717) is 18.7 Å². The molecular weight excluding hydrogens is 304 g/mol. The number of nitrogens with one attached hydrogen (secondary N) is 1. The Bertz CT molecular complexity index is 705. The fraction of sp³-hybridized carbons (Fsp3) is 0.368. The van der Waals surface area contributed by atoms with Gasteiger partial charge in [0, 0.05) is 24.5 Å². The lowest BCUT2D eigenvalue weighted by Crippen LogP contribution is -2.29. The van der Waals surface area contributed by atoms with E-state index in [2.05, 4.69) is 22.0 Å². The van der Waals surface area contributed by atoms with Crippen molar-refractivity contribution < 1.29 is 14.3 Å². The summed E-state index contributed by atoms with van der Waals surface area (Å²) in [5.41, 5.74) is 3.50. The smallest absolute Gasteiger partial charge is 0.340 e. The maximum absolute atomic E-state index is 12.2. The van der Waals surface area contributed by atoms with Gasteiger partial charge in [-0.05, 0) is 31.9 Å². The summed E-state index contributed by atoms with van der Waals surface area (Å²) in [6.45, 7) is 6.85. The lowest BCUT2D eigenvalue weighted by molar-refractivity contribution is -0.124. The Morgan fingerprint density at radius 3 is 2.54 bits per heavy atom. The molecule has 0 unspecified atom stereocenters. The predicted octanol–water partition coefficient (Wildman–Crippen LogP) is 2.84. The van der Waals surface area contributed by atoms with Crippen molar-refractivity contribution in [3.8, 4) is 0 Å². The van der Waals surface area contributed by atoms with Crippen molar-refractivity contribution in [2.24, 2.45) is 0 Å². The molecule has 24 heavy (non-hydrogen) atoms. The van der Waals surface area contributed by atoms with Crippen LogP contribution >= 0.6 is 0 Å². The zero-order chi connectivity index (χ0) is 17.5. The van der Waals surface area contributed by atoms with Gasteiger partial charge in [0.1, 0.15) is 0 Å². The SMILES string of the molecule is CCCNC(=O)COC(=O)c1cc(C)n(Cc2ccccc2)c1C. The van der Waals surface area contributed by atoms with Crippen LogP contribution in [0.3, 0.4) is 0 Å². The van der Waals surface area contributed by atoms with Gasteiger partial charge in [0.15, 0.2) is 6.61 Å². The van der Waals surface area contributed by atoms with Crippen LogP contribution in [-0.4, -0.2) is 29.6 Å². The van der Waals surface area contributed by atoms with Crippen molar-refractivity contribution in [1.29, 1.82) is 0 Å². The van der Waals surface area contributed by atoms with Crippen molar-refractivity contribution in [3.05, 3.63) is 58.9 Å². The van der Waals surface area contributed by atoms with Gasteiger partial charge in [-0.3, -0.25) is 4.79 Å². The summed E-state index contributed by atoms with van der Waals surface area (Å²) in [5.74, 6) is -0.739. The number of rotatable bonds is 7. The minimum atomic E-state index is -0.464. The average molecular weight is 328 g/mol. The fourth-order valence-corrected chi connectivity index (χ4v) is 2.54. The summed E-state index contributed by atoms with van der Waals surface area (Å²) in [4.78, 5) is 23.8. The van der Waals surface area contributed by atoms with Gasteiger partial charge in [0.25, 0.3) is 5.91 Å². The molecule has 1 amide bonds. The molecule has 0 saturated carbocycles. The number of hydrogen-bond acceptors (Lipinski definition) is 3. The predicted molar refractivity (Wildman–Crippen MR) is 93.0 cm³/mol. The van der Waals surface area contributed by atoms with Crippen molar-refractivity contribution in [3.63, 3.8) is 0 Å². The third kappa shape index (κ3) is 4.47. The van der Waals surface area contributed by atoms with E-state index in [-0.39, 0.29) is 12.5 Å². The third-order valence-corrected chi connectivity index (χ3v) is 3.88. The van der Waals surface area contributed by atoms with Gasteiger partial charge >= 0.3 is 5.97 Å². The van der Waals surface area contributed by atoms with E-state index in [0.717, 1.165) is 23.4 Å². The first-order valence-electron chi connectivity index (χ1n) is 8.17. The third-order valence-electron chi connectivity index (χ3n) is 3.88. The standard InChI is InChI=1S/C19H24N2O3/c1-4-10-20-18(22)13-24-19(23)17-11-14(2)21(15(17)3)12-16-8-6-5-7-9-16/h5-9,11H,4,10,12-13H2,1-3H3,(H,20,22). The van der Waals surface area contributed by atoms with Gasteiger partial charge < -0.3 is 14.6 Å². The lowest BCUT2D eigenvalue weighted by atomic mass is 10.2. The van der Waals surface area contributed by atoms with Crippen molar-refractivity contribution in [1.82, 2.24) is 9.88 Å². The average Bonchev–Trinajstić information content (AvgIpc) is 2.87. The van der Waals surface area contributed by atoms with Gasteiger partial charge in [0.05, 0.1) is 5.56 Å². The van der Waals surface area contributed by atoms with Crippen LogP contribution in [0, 0.1) is 13.8 Å². The van der Waals surface area contributed by atoms with E-state index in [1.807, 2.05) is 45.0 Å². The summed E-state index contributed by atoms with van der Waals surface area (Å²) in [5, 5.41) is 2.68. The molecule has 2 aromatic rings. The molecule has 1 aromatic carbocycles. The van der Waals surface area contributed by atoms with Gasteiger partial charge in [-0.15, -0.1) is 0 Å². The highest BCUT2D eigenvalue weighted by Gasteiger charge is 2.18. The molecule has 128 valence electrons. The van der Waals surface area contributed by atoms with Crippen LogP contribution in [-0.2, 0) is 16.1 Å². The van der Waals surface area contributed by atoms with Gasteiger partial charge in [-0.25, -0.2) is 4.79 Å². The number of esters is 1. The van der Waals surface area contributed by atoms with Crippen LogP contribution in [0.2, 0.25) is 0 Å². The largest absolute Gasteiger partial charge is 0.452 e. The summed E-state index contributed by atoms with van der Waals surface area (Å²) in [6, 6.07) is 11.9. The Morgan fingerprint density at radius 2 is 1.88 bits per heavy atom. The molecule has 0 aliphatic heterocycles. The number of nitrogens with zero attached hydrogens (tertiary/aromatic N) is 1. The van der Waals surface area contributed by atoms with Gasteiger partial charge in [0.2, 0.25) is 0 Å². The first kappa shape index (κ1) is 17.8. The second-order valence-corrected chi connectivity index (χ2v) is 5.78. The van der Waals surface area contributed by atoms with Gasteiger partial charge in [-0.2, -0.15) is 0 Å². The maximum atomic E-state index is 12.2. The van der Waals surface area contributed by atoms with Crippen molar-refractivity contribution in [2.45, 2.75) is 33.7 Å². The highest BCUT2D eigenvalue weighted by Crippen LogP contribution is 2.18. The maximum Gasteiger partial charge on any atom is 0.340 e. The quantitative estimate of drug-likeness (QED) is 0.795. The van der Waals surface area contributed by atoms with Crippen LogP contribution in [0.4, 0.5) is 0 Å². The van der Waals surface area contributed by atoms with E-state index in [1.165, 1.54) is 0 Å². The summed E-state index contributed by atoms with van der Waals surface area (Å²) >= 11 is 0. The van der Waals surface area contributed by atoms with E-state index < -0.39 is 5.97 Å². The highest BCUT2D eigenvalue weighted by molar-refractivity contribution is 5.92. The topological polar surface area (TPSA) is 60.3 Å². The van der Waals surface area contributed by atoms with Crippen LogP contribution in [0.15, 0.2) is 36.4 Å². The molecule has 0 bridgehead atoms. The number of carbonyl (C=O) groups excluding carboxylic acids is 2. The second-order valence-electron chi connectivity index (χ2n) is 5.78. The molecule has 0 radical (unpaired) electrons. The molecule has 5 heteroatoms. The zero-order valence-corrected chi connectivity index (χ0v) is 14.5. The molecular formula is C19H24N2O3. The van der Waals surface area contributed by atoms with Crippen LogP contribution in [0.5, 0.6) is 0 Å². The Labute approximate surface area is 142 Å². The Kier molecular flexibility index (Phi) is 6.18. The van der Waals surface area contributed by atoms with Crippen LogP contribution < -0.4 is 5.32 Å². The number of aromatic nitrogens is 1. The monoisotopic (exact) mass is 328 g/mol. The molecule has 0 aliphatic carbocycles.